The van der Waals surface area contributed by atoms with Crippen molar-refractivity contribution in [3.05, 3.63) is 34.9 Å². The molecule has 2 rings (SSSR count). The molecule has 0 aliphatic carbocycles. The standard InChI is InChI=1S/C14H19ClN2/c1-11-6-5-7-12(2)17(11)16-10-13-8-3-4-9-14(13)15/h3-4,8-12H,5-7H2,1-2H3/b16-10-/t11-,12-/m0/s1. The van der Waals surface area contributed by atoms with Gasteiger partial charge in [0.1, 0.15) is 0 Å². The number of nitrogens with zero attached hydrogens (tertiary/aromatic N) is 2. The summed E-state index contributed by atoms with van der Waals surface area (Å²) in [6.07, 6.45) is 5.63. The first kappa shape index (κ1) is 12.4. The lowest BCUT2D eigenvalue weighted by Crippen LogP contribution is -2.39. The Balaban J connectivity index is 2.11. The fourth-order valence-corrected chi connectivity index (χ4v) is 2.53. The van der Waals surface area contributed by atoms with Gasteiger partial charge in [0.15, 0.2) is 0 Å². The Bertz CT molecular complexity index is 393. The van der Waals surface area contributed by atoms with E-state index in [2.05, 4.69) is 24.0 Å². The lowest BCUT2D eigenvalue weighted by molar-refractivity contribution is 0.109. The van der Waals surface area contributed by atoms with E-state index in [0.29, 0.717) is 12.1 Å². The second kappa shape index (κ2) is 5.54. The van der Waals surface area contributed by atoms with E-state index < -0.39 is 0 Å². The van der Waals surface area contributed by atoms with Crippen LogP contribution in [-0.2, 0) is 0 Å². The molecule has 1 aliphatic rings. The van der Waals surface area contributed by atoms with E-state index in [9.17, 15) is 0 Å². The summed E-state index contributed by atoms with van der Waals surface area (Å²) >= 11 is 6.10. The molecule has 0 spiro atoms. The minimum absolute atomic E-state index is 0.525. The van der Waals surface area contributed by atoms with Crippen molar-refractivity contribution in [3.63, 3.8) is 0 Å². The van der Waals surface area contributed by atoms with Crippen molar-refractivity contribution in [1.29, 1.82) is 0 Å². The van der Waals surface area contributed by atoms with Crippen LogP contribution in [0.15, 0.2) is 29.4 Å². The van der Waals surface area contributed by atoms with Crippen LogP contribution in [0, 0.1) is 0 Å². The topological polar surface area (TPSA) is 15.6 Å². The van der Waals surface area contributed by atoms with Gasteiger partial charge in [-0.3, -0.25) is 5.01 Å². The Kier molecular flexibility index (Phi) is 4.06. The van der Waals surface area contributed by atoms with Crippen molar-refractivity contribution in [2.45, 2.75) is 45.2 Å². The van der Waals surface area contributed by atoms with E-state index >= 15 is 0 Å². The summed E-state index contributed by atoms with van der Waals surface area (Å²) in [5, 5.41) is 7.56. The zero-order chi connectivity index (χ0) is 12.3. The maximum absolute atomic E-state index is 6.10. The molecule has 0 amide bonds. The van der Waals surface area contributed by atoms with Crippen molar-refractivity contribution in [3.8, 4) is 0 Å². The van der Waals surface area contributed by atoms with Gasteiger partial charge in [0, 0.05) is 22.7 Å². The molecule has 3 heteroatoms. The molecule has 0 N–H and O–H groups in total. The molecular formula is C14H19ClN2. The summed E-state index contributed by atoms with van der Waals surface area (Å²) in [5.41, 5.74) is 0.985. The predicted octanol–water partition coefficient (Wildman–Crippen LogP) is 3.94. The Labute approximate surface area is 108 Å². The zero-order valence-electron chi connectivity index (χ0n) is 10.4. The fourth-order valence-electron chi connectivity index (χ4n) is 2.34. The van der Waals surface area contributed by atoms with Gasteiger partial charge in [-0.05, 0) is 39.2 Å². The first-order valence-electron chi connectivity index (χ1n) is 6.25. The molecule has 0 bridgehead atoms. The average Bonchev–Trinajstić information content (AvgIpc) is 2.30. The molecule has 2 nitrogen and oxygen atoms in total. The Morgan fingerprint density at radius 3 is 2.53 bits per heavy atom. The molecule has 0 unspecified atom stereocenters. The first-order chi connectivity index (χ1) is 8.18. The Morgan fingerprint density at radius 1 is 1.24 bits per heavy atom. The van der Waals surface area contributed by atoms with Crippen molar-refractivity contribution >= 4 is 17.8 Å². The molecule has 17 heavy (non-hydrogen) atoms. The molecule has 1 heterocycles. The molecule has 1 fully saturated rings. The molecule has 0 saturated carbocycles. The number of rotatable bonds is 2. The minimum atomic E-state index is 0.525. The first-order valence-corrected chi connectivity index (χ1v) is 6.63. The molecule has 92 valence electrons. The van der Waals surface area contributed by atoms with Crippen LogP contribution < -0.4 is 0 Å². The van der Waals surface area contributed by atoms with Crippen LogP contribution in [0.3, 0.4) is 0 Å². The highest BCUT2D eigenvalue weighted by atomic mass is 35.5. The lowest BCUT2D eigenvalue weighted by atomic mass is 10.00. The minimum Gasteiger partial charge on any atom is -0.292 e. The van der Waals surface area contributed by atoms with E-state index in [1.165, 1.54) is 19.3 Å². The van der Waals surface area contributed by atoms with Gasteiger partial charge in [-0.15, -0.1) is 0 Å². The molecule has 2 atom stereocenters. The van der Waals surface area contributed by atoms with E-state index in [-0.39, 0.29) is 0 Å². The maximum Gasteiger partial charge on any atom is 0.0558 e. The van der Waals surface area contributed by atoms with Crippen LogP contribution in [0.5, 0.6) is 0 Å². The average molecular weight is 251 g/mol. The van der Waals surface area contributed by atoms with E-state index in [1.54, 1.807) is 0 Å². The predicted molar refractivity (Wildman–Crippen MR) is 73.7 cm³/mol. The van der Waals surface area contributed by atoms with Crippen molar-refractivity contribution in [2.24, 2.45) is 5.10 Å². The van der Waals surface area contributed by atoms with Crippen LogP contribution in [0.2, 0.25) is 5.02 Å². The van der Waals surface area contributed by atoms with E-state index in [0.717, 1.165) is 10.6 Å². The second-order valence-corrected chi connectivity index (χ2v) is 5.18. The summed E-state index contributed by atoms with van der Waals surface area (Å²) in [4.78, 5) is 0. The third kappa shape index (κ3) is 3.01. The largest absolute Gasteiger partial charge is 0.292 e. The van der Waals surface area contributed by atoms with Crippen LogP contribution in [0.1, 0.15) is 38.7 Å². The number of benzene rings is 1. The molecule has 1 saturated heterocycles. The molecule has 1 aromatic carbocycles. The molecule has 1 aliphatic heterocycles. The highest BCUT2D eigenvalue weighted by Crippen LogP contribution is 2.23. The second-order valence-electron chi connectivity index (χ2n) is 4.78. The highest BCUT2D eigenvalue weighted by molar-refractivity contribution is 6.33. The summed E-state index contributed by atoms with van der Waals surface area (Å²) in [7, 11) is 0. The van der Waals surface area contributed by atoms with Gasteiger partial charge < -0.3 is 0 Å². The smallest absolute Gasteiger partial charge is 0.0558 e. The molecule has 0 aromatic heterocycles. The van der Waals surface area contributed by atoms with Gasteiger partial charge in [-0.1, -0.05) is 29.8 Å². The Morgan fingerprint density at radius 2 is 1.88 bits per heavy atom. The van der Waals surface area contributed by atoms with Crippen LogP contribution in [0.25, 0.3) is 0 Å². The normalized spacial score (nSPS) is 25.5. The SMILES string of the molecule is C[C@H]1CCC[C@H](C)N1/N=C\c1ccccc1Cl. The van der Waals surface area contributed by atoms with Gasteiger partial charge in [0.2, 0.25) is 0 Å². The van der Waals surface area contributed by atoms with Crippen LogP contribution in [0.4, 0.5) is 0 Å². The van der Waals surface area contributed by atoms with Gasteiger partial charge in [-0.25, -0.2) is 0 Å². The van der Waals surface area contributed by atoms with Crippen molar-refractivity contribution in [2.75, 3.05) is 0 Å². The molecule has 1 aromatic rings. The van der Waals surface area contributed by atoms with Crippen molar-refractivity contribution < 1.29 is 0 Å². The zero-order valence-corrected chi connectivity index (χ0v) is 11.2. The maximum atomic E-state index is 6.10. The summed E-state index contributed by atoms with van der Waals surface area (Å²) in [5.74, 6) is 0. The Hall–Kier alpha value is -1.02. The number of hydrogen-bond acceptors (Lipinski definition) is 2. The van der Waals surface area contributed by atoms with Gasteiger partial charge >= 0.3 is 0 Å². The summed E-state index contributed by atoms with van der Waals surface area (Å²) in [6.45, 7) is 4.47. The number of hydrazone groups is 1. The third-order valence-corrected chi connectivity index (χ3v) is 3.73. The van der Waals surface area contributed by atoms with E-state index in [1.807, 2.05) is 30.5 Å². The number of piperidine rings is 1. The lowest BCUT2D eigenvalue weighted by Gasteiger charge is -2.36. The van der Waals surface area contributed by atoms with Gasteiger partial charge in [0.05, 0.1) is 6.21 Å². The molecular weight excluding hydrogens is 232 g/mol. The van der Waals surface area contributed by atoms with Crippen molar-refractivity contribution in [1.82, 2.24) is 5.01 Å². The summed E-state index contributed by atoms with van der Waals surface area (Å²) < 4.78 is 0. The van der Waals surface area contributed by atoms with E-state index in [4.69, 9.17) is 11.6 Å². The molecule has 0 radical (unpaired) electrons. The van der Waals surface area contributed by atoms with Gasteiger partial charge in [-0.2, -0.15) is 5.10 Å². The van der Waals surface area contributed by atoms with Crippen LogP contribution >= 0.6 is 11.6 Å². The summed E-state index contributed by atoms with van der Waals surface area (Å²) in [6, 6.07) is 8.86. The third-order valence-electron chi connectivity index (χ3n) is 3.38. The van der Waals surface area contributed by atoms with Gasteiger partial charge in [0.25, 0.3) is 0 Å². The van der Waals surface area contributed by atoms with Crippen LogP contribution in [-0.4, -0.2) is 23.3 Å². The monoisotopic (exact) mass is 250 g/mol. The fraction of sp³-hybridized carbons (Fsp3) is 0.500. The highest BCUT2D eigenvalue weighted by Gasteiger charge is 2.22. The number of hydrogen-bond donors (Lipinski definition) is 0. The number of halogens is 1. The quantitative estimate of drug-likeness (QED) is 0.726.